The fraction of sp³-hybridized carbons (Fsp3) is 0.400. The van der Waals surface area contributed by atoms with E-state index in [9.17, 15) is 4.79 Å². The smallest absolute Gasteiger partial charge is 0.261 e. The SMILES string of the molecule is Cc1nccc(CN2CCN(c3ccc4c(=O)n(CCO)cnc4c3)CC2)n1. The van der Waals surface area contributed by atoms with Crippen LogP contribution in [0.4, 0.5) is 5.69 Å². The summed E-state index contributed by atoms with van der Waals surface area (Å²) in [5.41, 5.74) is 2.71. The largest absolute Gasteiger partial charge is 0.395 e. The quantitative estimate of drug-likeness (QED) is 0.701. The highest BCUT2D eigenvalue weighted by molar-refractivity contribution is 5.81. The number of hydrogen-bond donors (Lipinski definition) is 1. The zero-order valence-corrected chi connectivity index (χ0v) is 16.0. The summed E-state index contributed by atoms with van der Waals surface area (Å²) in [6, 6.07) is 7.77. The number of piperazine rings is 1. The summed E-state index contributed by atoms with van der Waals surface area (Å²) in [7, 11) is 0. The second kappa shape index (κ2) is 8.04. The van der Waals surface area contributed by atoms with Gasteiger partial charge < -0.3 is 10.0 Å². The lowest BCUT2D eigenvalue weighted by Gasteiger charge is -2.36. The predicted molar refractivity (Wildman–Crippen MR) is 107 cm³/mol. The molecule has 0 radical (unpaired) electrons. The number of benzene rings is 1. The lowest BCUT2D eigenvalue weighted by atomic mass is 10.2. The molecule has 0 saturated carbocycles. The van der Waals surface area contributed by atoms with Crippen LogP contribution in [0.3, 0.4) is 0 Å². The molecule has 0 aliphatic carbocycles. The Balaban J connectivity index is 1.45. The molecule has 4 rings (SSSR count). The minimum Gasteiger partial charge on any atom is -0.395 e. The van der Waals surface area contributed by atoms with Gasteiger partial charge in [0, 0.05) is 44.6 Å². The molecule has 1 aromatic carbocycles. The first-order chi connectivity index (χ1) is 13.6. The molecule has 0 amide bonds. The number of anilines is 1. The van der Waals surface area contributed by atoms with E-state index in [-0.39, 0.29) is 18.7 Å². The Morgan fingerprint density at radius 1 is 1.11 bits per heavy atom. The molecule has 0 spiro atoms. The molecular weight excluding hydrogens is 356 g/mol. The number of aliphatic hydroxyl groups excluding tert-OH is 1. The number of hydrogen-bond acceptors (Lipinski definition) is 7. The highest BCUT2D eigenvalue weighted by atomic mass is 16.3. The van der Waals surface area contributed by atoms with Crippen LogP contribution in [0.15, 0.2) is 41.6 Å². The monoisotopic (exact) mass is 380 g/mol. The summed E-state index contributed by atoms with van der Waals surface area (Å²) in [5, 5.41) is 9.63. The minimum absolute atomic E-state index is 0.0793. The molecule has 0 bridgehead atoms. The van der Waals surface area contributed by atoms with Gasteiger partial charge in [-0.1, -0.05) is 0 Å². The Morgan fingerprint density at radius 2 is 1.93 bits per heavy atom. The van der Waals surface area contributed by atoms with E-state index in [0.717, 1.165) is 49.9 Å². The Bertz CT molecular complexity index is 1030. The zero-order chi connectivity index (χ0) is 19.5. The lowest BCUT2D eigenvalue weighted by Crippen LogP contribution is -2.46. The van der Waals surface area contributed by atoms with E-state index in [4.69, 9.17) is 5.11 Å². The van der Waals surface area contributed by atoms with Crippen molar-refractivity contribution in [2.75, 3.05) is 37.7 Å². The molecule has 8 nitrogen and oxygen atoms in total. The molecule has 28 heavy (non-hydrogen) atoms. The van der Waals surface area contributed by atoms with Crippen LogP contribution in [0, 0.1) is 6.92 Å². The van der Waals surface area contributed by atoms with Crippen LogP contribution in [-0.4, -0.2) is 62.3 Å². The van der Waals surface area contributed by atoms with Gasteiger partial charge in [-0.25, -0.2) is 15.0 Å². The van der Waals surface area contributed by atoms with E-state index in [0.29, 0.717) is 10.9 Å². The third-order valence-corrected chi connectivity index (χ3v) is 5.11. The van der Waals surface area contributed by atoms with Gasteiger partial charge in [0.1, 0.15) is 5.82 Å². The molecule has 1 aliphatic rings. The zero-order valence-electron chi connectivity index (χ0n) is 16.0. The Hall–Kier alpha value is -2.84. The summed E-state index contributed by atoms with van der Waals surface area (Å²) in [6.07, 6.45) is 3.32. The lowest BCUT2D eigenvalue weighted by molar-refractivity contribution is 0.247. The molecule has 8 heteroatoms. The number of aromatic nitrogens is 4. The van der Waals surface area contributed by atoms with Gasteiger partial charge in [-0.05, 0) is 31.2 Å². The van der Waals surface area contributed by atoms with Crippen molar-refractivity contribution in [3.05, 3.63) is 58.7 Å². The summed E-state index contributed by atoms with van der Waals surface area (Å²) < 4.78 is 1.44. The van der Waals surface area contributed by atoms with Gasteiger partial charge in [0.2, 0.25) is 0 Å². The molecule has 0 atom stereocenters. The number of fused-ring (bicyclic) bond motifs is 1. The summed E-state index contributed by atoms with van der Waals surface area (Å²) in [6.45, 7) is 6.66. The second-order valence-corrected chi connectivity index (χ2v) is 7.03. The molecule has 3 aromatic rings. The first-order valence-corrected chi connectivity index (χ1v) is 9.50. The van der Waals surface area contributed by atoms with Gasteiger partial charge in [0.05, 0.1) is 36.1 Å². The van der Waals surface area contributed by atoms with Crippen molar-refractivity contribution in [1.29, 1.82) is 0 Å². The molecular formula is C20H24N6O2. The average molecular weight is 380 g/mol. The second-order valence-electron chi connectivity index (χ2n) is 7.03. The van der Waals surface area contributed by atoms with E-state index in [1.54, 1.807) is 0 Å². The van der Waals surface area contributed by atoms with E-state index >= 15 is 0 Å². The molecule has 1 N–H and O–H groups in total. The van der Waals surface area contributed by atoms with Crippen LogP contribution in [-0.2, 0) is 13.1 Å². The number of nitrogens with zero attached hydrogens (tertiary/aromatic N) is 6. The first kappa shape index (κ1) is 18.5. The number of aryl methyl sites for hydroxylation is 1. The van der Waals surface area contributed by atoms with Crippen LogP contribution in [0.2, 0.25) is 0 Å². The predicted octanol–water partition coefficient (Wildman–Crippen LogP) is 0.809. The van der Waals surface area contributed by atoms with E-state index in [2.05, 4.69) is 24.8 Å². The van der Waals surface area contributed by atoms with Crippen molar-refractivity contribution >= 4 is 16.6 Å². The third kappa shape index (κ3) is 3.88. The highest BCUT2D eigenvalue weighted by Crippen LogP contribution is 2.21. The van der Waals surface area contributed by atoms with Crippen LogP contribution in [0.5, 0.6) is 0 Å². The van der Waals surface area contributed by atoms with Gasteiger partial charge in [-0.3, -0.25) is 14.3 Å². The van der Waals surface area contributed by atoms with Crippen molar-refractivity contribution in [2.45, 2.75) is 20.0 Å². The van der Waals surface area contributed by atoms with Gasteiger partial charge in [0.15, 0.2) is 0 Å². The maximum Gasteiger partial charge on any atom is 0.261 e. The van der Waals surface area contributed by atoms with E-state index < -0.39 is 0 Å². The van der Waals surface area contributed by atoms with Crippen LogP contribution >= 0.6 is 0 Å². The molecule has 1 saturated heterocycles. The third-order valence-electron chi connectivity index (χ3n) is 5.11. The van der Waals surface area contributed by atoms with Gasteiger partial charge >= 0.3 is 0 Å². The topological polar surface area (TPSA) is 87.4 Å². The highest BCUT2D eigenvalue weighted by Gasteiger charge is 2.18. The molecule has 3 heterocycles. The molecule has 146 valence electrons. The fourth-order valence-electron chi connectivity index (χ4n) is 3.60. The number of aliphatic hydroxyl groups is 1. The molecule has 2 aromatic heterocycles. The Kier molecular flexibility index (Phi) is 5.31. The molecule has 0 unspecified atom stereocenters. The molecule has 1 fully saturated rings. The Morgan fingerprint density at radius 3 is 2.68 bits per heavy atom. The first-order valence-electron chi connectivity index (χ1n) is 9.50. The van der Waals surface area contributed by atoms with Crippen molar-refractivity contribution in [3.63, 3.8) is 0 Å². The average Bonchev–Trinajstić information content (AvgIpc) is 2.71. The van der Waals surface area contributed by atoms with Crippen LogP contribution in [0.1, 0.15) is 11.5 Å². The van der Waals surface area contributed by atoms with Crippen LogP contribution < -0.4 is 10.5 Å². The normalized spacial score (nSPS) is 15.3. The van der Waals surface area contributed by atoms with Gasteiger partial charge in [-0.15, -0.1) is 0 Å². The maximum atomic E-state index is 12.4. The van der Waals surface area contributed by atoms with Gasteiger partial charge in [0.25, 0.3) is 5.56 Å². The van der Waals surface area contributed by atoms with E-state index in [1.807, 2.05) is 37.4 Å². The number of rotatable bonds is 5. The summed E-state index contributed by atoms with van der Waals surface area (Å²) in [5.74, 6) is 0.804. The van der Waals surface area contributed by atoms with Crippen molar-refractivity contribution in [3.8, 4) is 0 Å². The fourth-order valence-corrected chi connectivity index (χ4v) is 3.60. The van der Waals surface area contributed by atoms with Crippen molar-refractivity contribution in [1.82, 2.24) is 24.4 Å². The van der Waals surface area contributed by atoms with Gasteiger partial charge in [-0.2, -0.15) is 0 Å². The molecule has 1 aliphatic heterocycles. The summed E-state index contributed by atoms with van der Waals surface area (Å²) >= 11 is 0. The Labute approximate surface area is 163 Å². The summed E-state index contributed by atoms with van der Waals surface area (Å²) in [4.78, 5) is 30.2. The van der Waals surface area contributed by atoms with E-state index in [1.165, 1.54) is 10.9 Å². The standard InChI is InChI=1S/C20H24N6O2/c1-15-21-5-4-16(23-15)13-24-6-8-25(9-7-24)17-2-3-18-19(12-17)22-14-26(10-11-27)20(18)28/h2-5,12,14,27H,6-11,13H2,1H3. The minimum atomic E-state index is -0.115. The van der Waals surface area contributed by atoms with Crippen LogP contribution in [0.25, 0.3) is 10.9 Å². The maximum absolute atomic E-state index is 12.4. The van der Waals surface area contributed by atoms with Crippen molar-refractivity contribution in [2.24, 2.45) is 0 Å². The van der Waals surface area contributed by atoms with Crippen molar-refractivity contribution < 1.29 is 5.11 Å².